The highest BCUT2D eigenvalue weighted by molar-refractivity contribution is 7.80. The normalized spacial score (nSPS) is 11.1. The van der Waals surface area contributed by atoms with Gasteiger partial charge in [0.15, 0.2) is 5.11 Å². The van der Waals surface area contributed by atoms with Crippen molar-refractivity contribution in [3.05, 3.63) is 101 Å². The Morgan fingerprint density at radius 1 is 0.906 bits per heavy atom. The van der Waals surface area contributed by atoms with E-state index >= 15 is 0 Å². The van der Waals surface area contributed by atoms with Crippen LogP contribution in [0.25, 0.3) is 21.8 Å². The Bertz CT molecular complexity index is 1430. The van der Waals surface area contributed by atoms with Crippen molar-refractivity contribution >= 4 is 62.1 Å². The Morgan fingerprint density at radius 2 is 1.62 bits per heavy atom. The van der Waals surface area contributed by atoms with E-state index in [9.17, 15) is 0 Å². The zero-order chi connectivity index (χ0) is 22.1. The molecule has 0 atom stereocenters. The second kappa shape index (κ2) is 8.61. The lowest BCUT2D eigenvalue weighted by atomic mass is 10.1. The zero-order valence-corrected chi connectivity index (χ0v) is 19.0. The lowest BCUT2D eigenvalue weighted by Gasteiger charge is -2.12. The number of hydrogen-bond acceptors (Lipinski definition) is 2. The monoisotopic (exact) mass is 456 g/mol. The molecule has 0 fully saturated rings. The quantitative estimate of drug-likeness (QED) is 0.285. The largest absolute Gasteiger partial charge is 0.334 e. The molecule has 0 unspecified atom stereocenters. The number of anilines is 2. The molecule has 0 saturated heterocycles. The van der Waals surface area contributed by atoms with Gasteiger partial charge in [0, 0.05) is 45.4 Å². The van der Waals surface area contributed by atoms with E-state index in [4.69, 9.17) is 23.8 Å². The van der Waals surface area contributed by atoms with E-state index in [0.29, 0.717) is 10.1 Å². The highest BCUT2D eigenvalue weighted by Gasteiger charge is 2.14. The fourth-order valence-electron chi connectivity index (χ4n) is 4.06. The van der Waals surface area contributed by atoms with E-state index in [2.05, 4.69) is 75.6 Å². The van der Waals surface area contributed by atoms with Crippen molar-refractivity contribution < 1.29 is 0 Å². The Kier molecular flexibility index (Phi) is 5.52. The van der Waals surface area contributed by atoms with Crippen LogP contribution < -0.4 is 10.6 Å². The Labute approximate surface area is 196 Å². The van der Waals surface area contributed by atoms with Gasteiger partial charge in [0.1, 0.15) is 0 Å². The first-order chi connectivity index (χ1) is 15.6. The summed E-state index contributed by atoms with van der Waals surface area (Å²) in [6.45, 7) is 2.85. The van der Waals surface area contributed by atoms with Crippen LogP contribution in [0, 0.1) is 6.92 Å². The average Bonchev–Trinajstić information content (AvgIpc) is 3.10. The number of benzene rings is 3. The predicted molar refractivity (Wildman–Crippen MR) is 139 cm³/mol. The molecule has 2 N–H and O–H groups in total. The number of aromatic nitrogens is 2. The van der Waals surface area contributed by atoms with Crippen LogP contribution in [0.15, 0.2) is 85.1 Å². The number of nitrogens with zero attached hydrogens (tertiary/aromatic N) is 2. The summed E-state index contributed by atoms with van der Waals surface area (Å²) in [5.41, 5.74) is 6.41. The molecule has 0 aliphatic heterocycles. The zero-order valence-electron chi connectivity index (χ0n) is 17.5. The molecule has 4 nitrogen and oxygen atoms in total. The fourth-order valence-corrected chi connectivity index (χ4v) is 4.42. The van der Waals surface area contributed by atoms with Gasteiger partial charge in [-0.2, -0.15) is 0 Å². The van der Waals surface area contributed by atoms with Crippen LogP contribution in [0.1, 0.15) is 11.3 Å². The van der Waals surface area contributed by atoms with Gasteiger partial charge in [-0.05, 0) is 73.2 Å². The van der Waals surface area contributed by atoms with Crippen molar-refractivity contribution in [3.63, 3.8) is 0 Å². The molecule has 2 aromatic heterocycles. The fraction of sp³-hybridized carbons (Fsp3) is 0.0769. The second-order valence-corrected chi connectivity index (χ2v) is 8.53. The summed E-state index contributed by atoms with van der Waals surface area (Å²) >= 11 is 11.5. The van der Waals surface area contributed by atoms with Crippen LogP contribution >= 0.6 is 23.8 Å². The molecule has 3 aromatic carbocycles. The van der Waals surface area contributed by atoms with E-state index in [1.807, 2.05) is 36.5 Å². The molecule has 0 amide bonds. The first kappa shape index (κ1) is 20.5. The smallest absolute Gasteiger partial charge is 0.175 e. The molecule has 5 aromatic rings. The second-order valence-electron chi connectivity index (χ2n) is 7.68. The molecule has 0 aliphatic rings. The molecular weight excluding hydrogens is 436 g/mol. The number of rotatable bonds is 4. The van der Waals surface area contributed by atoms with Crippen molar-refractivity contribution in [1.29, 1.82) is 0 Å². The summed E-state index contributed by atoms with van der Waals surface area (Å²) in [6.07, 6.45) is 1.87. The van der Waals surface area contributed by atoms with E-state index in [1.54, 1.807) is 0 Å². The molecule has 158 valence electrons. The summed E-state index contributed by atoms with van der Waals surface area (Å²) in [5.74, 6) is 0. The average molecular weight is 457 g/mol. The summed E-state index contributed by atoms with van der Waals surface area (Å²) in [7, 11) is 0. The van der Waals surface area contributed by atoms with Gasteiger partial charge in [-0.3, -0.25) is 4.98 Å². The van der Waals surface area contributed by atoms with Crippen molar-refractivity contribution in [2.75, 3.05) is 10.6 Å². The van der Waals surface area contributed by atoms with Crippen molar-refractivity contribution in [1.82, 2.24) is 9.55 Å². The summed E-state index contributed by atoms with van der Waals surface area (Å²) in [4.78, 5) is 4.55. The molecular formula is C26H21ClN4S. The molecule has 5 rings (SSSR count). The van der Waals surface area contributed by atoms with Crippen LogP contribution in [0.3, 0.4) is 0 Å². The van der Waals surface area contributed by atoms with E-state index in [0.717, 1.165) is 29.1 Å². The Morgan fingerprint density at radius 3 is 2.41 bits per heavy atom. The van der Waals surface area contributed by atoms with Crippen molar-refractivity contribution in [2.24, 2.45) is 0 Å². The first-order valence-electron chi connectivity index (χ1n) is 10.3. The molecule has 2 heterocycles. The van der Waals surface area contributed by atoms with Crippen molar-refractivity contribution in [2.45, 2.75) is 13.5 Å². The number of halogens is 1. The van der Waals surface area contributed by atoms with Gasteiger partial charge >= 0.3 is 0 Å². The topological polar surface area (TPSA) is 41.9 Å². The number of aryl methyl sites for hydroxylation is 1. The molecule has 0 saturated carbocycles. The predicted octanol–water partition coefficient (Wildman–Crippen LogP) is 7.01. The van der Waals surface area contributed by atoms with Crippen LogP contribution in [-0.4, -0.2) is 14.7 Å². The molecule has 32 heavy (non-hydrogen) atoms. The lowest BCUT2D eigenvalue weighted by molar-refractivity contribution is 0.862. The highest BCUT2D eigenvalue weighted by Crippen LogP contribution is 2.33. The number of pyridine rings is 1. The highest BCUT2D eigenvalue weighted by atomic mass is 35.5. The third-order valence-corrected chi connectivity index (χ3v) is 5.95. The van der Waals surface area contributed by atoms with Gasteiger partial charge in [0.2, 0.25) is 0 Å². The van der Waals surface area contributed by atoms with Crippen LogP contribution in [0.2, 0.25) is 5.02 Å². The van der Waals surface area contributed by atoms with Gasteiger partial charge < -0.3 is 15.2 Å². The minimum Gasteiger partial charge on any atom is -0.334 e. The van der Waals surface area contributed by atoms with Crippen LogP contribution in [0.5, 0.6) is 0 Å². The van der Waals surface area contributed by atoms with Gasteiger partial charge in [-0.1, -0.05) is 41.9 Å². The first-order valence-corrected chi connectivity index (χ1v) is 11.1. The number of nitrogens with one attached hydrogen (secondary N) is 2. The molecule has 0 spiro atoms. The SMILES string of the molecule is Cc1nccc2c3cc(NC(=S)Nc4ccc(Cl)cc4)ccc3n(Cc3ccccc3)c12. The maximum Gasteiger partial charge on any atom is 0.175 e. The Balaban J connectivity index is 1.51. The van der Waals surface area contributed by atoms with Gasteiger partial charge in [0.05, 0.1) is 11.2 Å². The van der Waals surface area contributed by atoms with Gasteiger partial charge in [-0.15, -0.1) is 0 Å². The number of hydrogen-bond donors (Lipinski definition) is 2. The summed E-state index contributed by atoms with van der Waals surface area (Å²) < 4.78 is 2.34. The molecule has 0 bridgehead atoms. The third kappa shape index (κ3) is 4.05. The van der Waals surface area contributed by atoms with Gasteiger partial charge in [0.25, 0.3) is 0 Å². The maximum atomic E-state index is 5.96. The number of thiocarbonyl (C=S) groups is 1. The minimum atomic E-state index is 0.526. The molecule has 6 heteroatoms. The maximum absolute atomic E-state index is 5.96. The molecule has 0 aliphatic carbocycles. The Hall–Kier alpha value is -3.41. The number of fused-ring (bicyclic) bond motifs is 3. The van der Waals surface area contributed by atoms with E-state index in [1.165, 1.54) is 21.9 Å². The molecule has 0 radical (unpaired) electrons. The van der Waals surface area contributed by atoms with E-state index in [-0.39, 0.29) is 0 Å². The van der Waals surface area contributed by atoms with Crippen molar-refractivity contribution in [3.8, 4) is 0 Å². The third-order valence-electron chi connectivity index (χ3n) is 5.50. The summed E-state index contributed by atoms with van der Waals surface area (Å²) in [5, 5.41) is 10.1. The minimum absolute atomic E-state index is 0.526. The summed E-state index contributed by atoms with van der Waals surface area (Å²) in [6, 6.07) is 26.4. The van der Waals surface area contributed by atoms with Crippen LogP contribution in [0.4, 0.5) is 11.4 Å². The van der Waals surface area contributed by atoms with E-state index < -0.39 is 0 Å². The standard InChI is InChI=1S/C26H21ClN4S/c1-17-25-22(13-14-28-17)23-15-21(30-26(32)29-20-9-7-19(27)8-10-20)11-12-24(23)31(25)16-18-5-3-2-4-6-18/h2-15H,16H2,1H3,(H2,29,30,32). The van der Waals surface area contributed by atoms with Crippen LogP contribution in [-0.2, 0) is 6.54 Å². The lowest BCUT2D eigenvalue weighted by Crippen LogP contribution is -2.18. The van der Waals surface area contributed by atoms with Gasteiger partial charge in [-0.25, -0.2) is 0 Å².